The van der Waals surface area contributed by atoms with Crippen LogP contribution >= 0.6 is 23.4 Å². The summed E-state index contributed by atoms with van der Waals surface area (Å²) in [5.41, 5.74) is 7.09. The molecule has 1 aromatic carbocycles. The van der Waals surface area contributed by atoms with Gasteiger partial charge in [-0.25, -0.2) is 0 Å². The average Bonchev–Trinajstić information content (AvgIpc) is 3.01. The van der Waals surface area contributed by atoms with E-state index in [-0.39, 0.29) is 0 Å². The standard InChI is InChI=1S/C12H12ClN3OS/c13-8-4-1-3-7(10(8)14)12-15-11(16-17-12)9-5-2-6-18-9/h1,3-4,9H,2,5-6,14H2. The lowest BCUT2D eigenvalue weighted by atomic mass is 10.2. The maximum absolute atomic E-state index is 5.98. The van der Waals surface area contributed by atoms with E-state index in [0.29, 0.717) is 27.4 Å². The van der Waals surface area contributed by atoms with Crippen LogP contribution in [0.15, 0.2) is 22.7 Å². The minimum Gasteiger partial charge on any atom is -0.397 e. The van der Waals surface area contributed by atoms with Crippen LogP contribution in [-0.2, 0) is 0 Å². The molecule has 0 amide bonds. The van der Waals surface area contributed by atoms with E-state index in [9.17, 15) is 0 Å². The van der Waals surface area contributed by atoms with Crippen LogP contribution in [0.4, 0.5) is 5.69 Å². The van der Waals surface area contributed by atoms with Crippen molar-refractivity contribution in [3.63, 3.8) is 0 Å². The Kier molecular flexibility index (Phi) is 3.18. The van der Waals surface area contributed by atoms with Crippen LogP contribution in [0.25, 0.3) is 11.5 Å². The molecule has 4 nitrogen and oxygen atoms in total. The summed E-state index contributed by atoms with van der Waals surface area (Å²) in [4.78, 5) is 4.43. The fourth-order valence-electron chi connectivity index (χ4n) is 1.98. The van der Waals surface area contributed by atoms with E-state index in [1.807, 2.05) is 23.9 Å². The lowest BCUT2D eigenvalue weighted by molar-refractivity contribution is 0.421. The first kappa shape index (κ1) is 11.9. The molecule has 1 saturated heterocycles. The Morgan fingerprint density at radius 3 is 3.11 bits per heavy atom. The highest BCUT2D eigenvalue weighted by Crippen LogP contribution is 2.39. The summed E-state index contributed by atoms with van der Waals surface area (Å²) in [5, 5.41) is 4.89. The van der Waals surface area contributed by atoms with Gasteiger partial charge in [-0.1, -0.05) is 22.8 Å². The second-order valence-electron chi connectivity index (χ2n) is 4.16. The van der Waals surface area contributed by atoms with Crippen molar-refractivity contribution < 1.29 is 4.52 Å². The summed E-state index contributed by atoms with van der Waals surface area (Å²) in [6.07, 6.45) is 2.31. The van der Waals surface area contributed by atoms with E-state index >= 15 is 0 Å². The summed E-state index contributed by atoms with van der Waals surface area (Å²) in [6, 6.07) is 5.40. The molecule has 0 aliphatic carbocycles. The highest BCUT2D eigenvalue weighted by atomic mass is 35.5. The van der Waals surface area contributed by atoms with Crippen molar-refractivity contribution in [3.8, 4) is 11.5 Å². The SMILES string of the molecule is Nc1c(Cl)cccc1-c1nc(C2CCCS2)no1. The smallest absolute Gasteiger partial charge is 0.260 e. The molecule has 0 radical (unpaired) electrons. The molecule has 1 aliphatic rings. The van der Waals surface area contributed by atoms with Crippen LogP contribution in [0, 0.1) is 0 Å². The van der Waals surface area contributed by atoms with Crippen LogP contribution in [0.3, 0.4) is 0 Å². The predicted molar refractivity (Wildman–Crippen MR) is 73.6 cm³/mol. The number of halogens is 1. The molecule has 0 saturated carbocycles. The average molecular weight is 282 g/mol. The number of nitrogens with two attached hydrogens (primary N) is 1. The largest absolute Gasteiger partial charge is 0.397 e. The Bertz CT molecular complexity index is 566. The van der Waals surface area contributed by atoms with Crippen molar-refractivity contribution in [2.45, 2.75) is 18.1 Å². The number of anilines is 1. The van der Waals surface area contributed by atoms with Gasteiger partial charge in [0.25, 0.3) is 5.89 Å². The van der Waals surface area contributed by atoms with Crippen LogP contribution < -0.4 is 5.73 Å². The van der Waals surface area contributed by atoms with Crippen molar-refractivity contribution in [1.29, 1.82) is 0 Å². The van der Waals surface area contributed by atoms with Crippen molar-refractivity contribution in [3.05, 3.63) is 29.0 Å². The summed E-state index contributed by atoms with van der Waals surface area (Å²) in [6.45, 7) is 0. The first-order valence-corrected chi connectivity index (χ1v) is 7.18. The van der Waals surface area contributed by atoms with Crippen molar-refractivity contribution in [1.82, 2.24) is 10.1 Å². The number of rotatable bonds is 2. The van der Waals surface area contributed by atoms with E-state index in [1.54, 1.807) is 6.07 Å². The number of hydrogen-bond acceptors (Lipinski definition) is 5. The zero-order chi connectivity index (χ0) is 12.5. The van der Waals surface area contributed by atoms with Crippen molar-refractivity contribution in [2.75, 3.05) is 11.5 Å². The number of benzene rings is 1. The molecule has 1 unspecified atom stereocenters. The molecule has 2 heterocycles. The molecule has 1 fully saturated rings. The highest BCUT2D eigenvalue weighted by Gasteiger charge is 2.23. The van der Waals surface area contributed by atoms with Crippen LogP contribution in [0.1, 0.15) is 23.9 Å². The van der Waals surface area contributed by atoms with Gasteiger partial charge in [0.15, 0.2) is 5.82 Å². The number of thioether (sulfide) groups is 1. The van der Waals surface area contributed by atoms with Crippen molar-refractivity contribution >= 4 is 29.1 Å². The monoisotopic (exact) mass is 281 g/mol. The number of para-hydroxylation sites is 1. The van der Waals surface area contributed by atoms with Gasteiger partial charge in [0.05, 0.1) is 21.5 Å². The Balaban J connectivity index is 1.95. The van der Waals surface area contributed by atoms with Gasteiger partial charge in [-0.05, 0) is 30.7 Å². The third kappa shape index (κ3) is 2.08. The Labute approximate surface area is 114 Å². The molecule has 1 aliphatic heterocycles. The first-order valence-electron chi connectivity index (χ1n) is 5.75. The van der Waals surface area contributed by atoms with Crippen LogP contribution in [-0.4, -0.2) is 15.9 Å². The molecule has 1 aromatic heterocycles. The zero-order valence-electron chi connectivity index (χ0n) is 9.60. The van der Waals surface area contributed by atoms with Gasteiger partial charge >= 0.3 is 0 Å². The van der Waals surface area contributed by atoms with Gasteiger partial charge in [0.1, 0.15) is 0 Å². The predicted octanol–water partition coefficient (Wildman–Crippen LogP) is 3.54. The maximum Gasteiger partial charge on any atom is 0.260 e. The van der Waals surface area contributed by atoms with Gasteiger partial charge in [0.2, 0.25) is 0 Å². The summed E-state index contributed by atoms with van der Waals surface area (Å²) >= 11 is 7.85. The lowest BCUT2D eigenvalue weighted by Crippen LogP contribution is -1.93. The number of nitrogens with zero attached hydrogens (tertiary/aromatic N) is 2. The molecule has 0 spiro atoms. The van der Waals surface area contributed by atoms with E-state index in [0.717, 1.165) is 18.0 Å². The van der Waals surface area contributed by atoms with E-state index in [4.69, 9.17) is 21.9 Å². The van der Waals surface area contributed by atoms with Gasteiger partial charge < -0.3 is 10.3 Å². The third-order valence-corrected chi connectivity index (χ3v) is 4.65. The number of hydrogen-bond donors (Lipinski definition) is 1. The van der Waals surface area contributed by atoms with Gasteiger partial charge in [-0.2, -0.15) is 16.7 Å². The van der Waals surface area contributed by atoms with Gasteiger partial charge in [0, 0.05) is 0 Å². The molecular formula is C12H12ClN3OS. The summed E-state index contributed by atoms with van der Waals surface area (Å²) < 4.78 is 5.29. The second-order valence-corrected chi connectivity index (χ2v) is 5.88. The molecule has 0 bridgehead atoms. The topological polar surface area (TPSA) is 64.9 Å². The molecule has 94 valence electrons. The minimum atomic E-state index is 0.350. The van der Waals surface area contributed by atoms with Crippen LogP contribution in [0.5, 0.6) is 0 Å². The molecule has 6 heteroatoms. The molecular weight excluding hydrogens is 270 g/mol. The molecule has 3 rings (SSSR count). The van der Waals surface area contributed by atoms with E-state index in [1.165, 1.54) is 6.42 Å². The molecule has 2 N–H and O–H groups in total. The Morgan fingerprint density at radius 2 is 2.33 bits per heavy atom. The summed E-state index contributed by atoms with van der Waals surface area (Å²) in [7, 11) is 0. The fraction of sp³-hybridized carbons (Fsp3) is 0.333. The molecule has 1 atom stereocenters. The van der Waals surface area contributed by atoms with Gasteiger partial charge in [-0.15, -0.1) is 0 Å². The highest BCUT2D eigenvalue weighted by molar-refractivity contribution is 7.99. The Hall–Kier alpha value is -1.20. The Morgan fingerprint density at radius 1 is 1.44 bits per heavy atom. The lowest BCUT2D eigenvalue weighted by Gasteiger charge is -2.02. The minimum absolute atomic E-state index is 0.350. The molecule has 2 aromatic rings. The maximum atomic E-state index is 5.98. The quantitative estimate of drug-likeness (QED) is 0.853. The van der Waals surface area contributed by atoms with Crippen molar-refractivity contribution in [2.24, 2.45) is 0 Å². The summed E-state index contributed by atoms with van der Waals surface area (Å²) in [5.74, 6) is 2.36. The normalized spacial score (nSPS) is 19.3. The fourth-order valence-corrected chi connectivity index (χ4v) is 3.35. The van der Waals surface area contributed by atoms with Gasteiger partial charge in [-0.3, -0.25) is 0 Å². The van der Waals surface area contributed by atoms with Crippen LogP contribution in [0.2, 0.25) is 5.02 Å². The molecule has 18 heavy (non-hydrogen) atoms. The van der Waals surface area contributed by atoms with E-state index in [2.05, 4.69) is 10.1 Å². The zero-order valence-corrected chi connectivity index (χ0v) is 11.2. The number of nitrogen functional groups attached to an aromatic ring is 1. The number of aromatic nitrogens is 2. The third-order valence-electron chi connectivity index (χ3n) is 2.94. The van der Waals surface area contributed by atoms with E-state index < -0.39 is 0 Å². The first-order chi connectivity index (χ1) is 8.75. The second kappa shape index (κ2) is 4.82.